The lowest BCUT2D eigenvalue weighted by Gasteiger charge is -2.06. The van der Waals surface area contributed by atoms with E-state index >= 15 is 0 Å². The number of alkyl halides is 3. The van der Waals surface area contributed by atoms with Crippen LogP contribution in [0.3, 0.4) is 0 Å². The Morgan fingerprint density at radius 3 is 2.50 bits per heavy atom. The lowest BCUT2D eigenvalue weighted by Crippen LogP contribution is -2.13. The molecule has 78 valence electrons. The highest BCUT2D eigenvalue weighted by molar-refractivity contribution is 5.92. The highest BCUT2D eigenvalue weighted by atomic mass is 19.4. The standard InChI is InChI=1S/C8H8F3NO2/c1-4-3-12-6(8(9,10)11)5(4)7(13)14-2/h3,12H,1-2H3. The average molecular weight is 207 g/mol. The fourth-order valence-electron chi connectivity index (χ4n) is 1.11. The van der Waals surface area contributed by atoms with Gasteiger partial charge in [-0.15, -0.1) is 0 Å². The van der Waals surface area contributed by atoms with E-state index in [0.29, 0.717) is 0 Å². The van der Waals surface area contributed by atoms with Crippen molar-refractivity contribution in [3.05, 3.63) is 23.0 Å². The van der Waals surface area contributed by atoms with Crippen LogP contribution in [0, 0.1) is 6.92 Å². The van der Waals surface area contributed by atoms with Crippen molar-refractivity contribution in [2.24, 2.45) is 0 Å². The van der Waals surface area contributed by atoms with Crippen molar-refractivity contribution in [3.8, 4) is 0 Å². The number of ether oxygens (including phenoxy) is 1. The van der Waals surface area contributed by atoms with E-state index in [9.17, 15) is 18.0 Å². The number of halogens is 3. The predicted molar refractivity (Wildman–Crippen MR) is 41.9 cm³/mol. The topological polar surface area (TPSA) is 42.1 Å². The number of carbonyl (C=O) groups excluding carboxylic acids is 1. The summed E-state index contributed by atoms with van der Waals surface area (Å²) in [4.78, 5) is 13.0. The SMILES string of the molecule is COC(=O)c1c(C)c[nH]c1C(F)(F)F. The number of esters is 1. The molecule has 0 aromatic carbocycles. The first kappa shape index (κ1) is 10.6. The maximum Gasteiger partial charge on any atom is 0.432 e. The first-order valence-electron chi connectivity index (χ1n) is 3.71. The summed E-state index contributed by atoms with van der Waals surface area (Å²) in [6.45, 7) is 1.40. The van der Waals surface area contributed by atoms with Gasteiger partial charge in [-0.3, -0.25) is 0 Å². The molecule has 3 nitrogen and oxygen atoms in total. The quantitative estimate of drug-likeness (QED) is 0.716. The van der Waals surface area contributed by atoms with Crippen LogP contribution >= 0.6 is 0 Å². The van der Waals surface area contributed by atoms with Gasteiger partial charge in [0.25, 0.3) is 0 Å². The number of hydrogen-bond acceptors (Lipinski definition) is 2. The maximum absolute atomic E-state index is 12.3. The molecule has 6 heteroatoms. The number of methoxy groups -OCH3 is 1. The number of nitrogens with one attached hydrogen (secondary N) is 1. The van der Waals surface area contributed by atoms with Crippen molar-refractivity contribution in [2.75, 3.05) is 7.11 Å². The van der Waals surface area contributed by atoms with Gasteiger partial charge in [-0.2, -0.15) is 13.2 Å². The zero-order chi connectivity index (χ0) is 10.9. The van der Waals surface area contributed by atoms with Gasteiger partial charge in [0.2, 0.25) is 0 Å². The summed E-state index contributed by atoms with van der Waals surface area (Å²) in [6, 6.07) is 0. The minimum Gasteiger partial charge on any atom is -0.465 e. The minimum absolute atomic E-state index is 0.212. The molecule has 0 atom stereocenters. The van der Waals surface area contributed by atoms with Crippen LogP contribution < -0.4 is 0 Å². The molecular formula is C8H8F3NO2. The predicted octanol–water partition coefficient (Wildman–Crippen LogP) is 2.13. The van der Waals surface area contributed by atoms with Gasteiger partial charge >= 0.3 is 12.1 Å². The van der Waals surface area contributed by atoms with Crippen molar-refractivity contribution in [2.45, 2.75) is 13.1 Å². The maximum atomic E-state index is 12.3. The number of aryl methyl sites for hydroxylation is 1. The van der Waals surface area contributed by atoms with Gasteiger partial charge in [0, 0.05) is 6.20 Å². The zero-order valence-electron chi connectivity index (χ0n) is 7.53. The molecule has 1 N–H and O–H groups in total. The first-order valence-corrected chi connectivity index (χ1v) is 3.71. The van der Waals surface area contributed by atoms with E-state index in [1.165, 1.54) is 6.92 Å². The Balaban J connectivity index is 3.26. The van der Waals surface area contributed by atoms with Crippen LogP contribution in [0.5, 0.6) is 0 Å². The Hall–Kier alpha value is -1.46. The fourth-order valence-corrected chi connectivity index (χ4v) is 1.11. The first-order chi connectivity index (χ1) is 6.38. The molecule has 1 rings (SSSR count). The minimum atomic E-state index is -4.57. The summed E-state index contributed by atoms with van der Waals surface area (Å²) in [5.41, 5.74) is -1.31. The summed E-state index contributed by atoms with van der Waals surface area (Å²) >= 11 is 0. The lowest BCUT2D eigenvalue weighted by molar-refractivity contribution is -0.141. The van der Waals surface area contributed by atoms with Gasteiger partial charge in [0.1, 0.15) is 5.69 Å². The molecule has 0 spiro atoms. The van der Waals surface area contributed by atoms with Gasteiger partial charge in [-0.05, 0) is 12.5 Å². The third-order valence-electron chi connectivity index (χ3n) is 1.75. The highest BCUT2D eigenvalue weighted by Crippen LogP contribution is 2.32. The Labute approximate surface area is 77.9 Å². The zero-order valence-corrected chi connectivity index (χ0v) is 7.53. The molecule has 0 aliphatic rings. The van der Waals surface area contributed by atoms with Crippen LogP contribution in [0.2, 0.25) is 0 Å². The number of rotatable bonds is 1. The van der Waals surface area contributed by atoms with E-state index in [-0.39, 0.29) is 5.56 Å². The average Bonchev–Trinajstić information content (AvgIpc) is 2.45. The van der Waals surface area contributed by atoms with E-state index in [1.54, 1.807) is 0 Å². The summed E-state index contributed by atoms with van der Waals surface area (Å²) < 4.78 is 41.2. The van der Waals surface area contributed by atoms with Crippen LogP contribution in [0.25, 0.3) is 0 Å². The van der Waals surface area contributed by atoms with Crippen LogP contribution in [0.15, 0.2) is 6.20 Å². The fraction of sp³-hybridized carbons (Fsp3) is 0.375. The molecule has 0 fully saturated rings. The van der Waals surface area contributed by atoms with Crippen LogP contribution in [-0.2, 0) is 10.9 Å². The Morgan fingerprint density at radius 2 is 2.07 bits per heavy atom. The molecule has 0 amide bonds. The molecule has 0 unspecified atom stereocenters. The van der Waals surface area contributed by atoms with E-state index in [2.05, 4.69) is 4.74 Å². The highest BCUT2D eigenvalue weighted by Gasteiger charge is 2.38. The van der Waals surface area contributed by atoms with Gasteiger partial charge in [0.15, 0.2) is 0 Å². The Bertz CT molecular complexity index is 354. The summed E-state index contributed by atoms with van der Waals surface area (Å²) in [6.07, 6.45) is -3.45. The molecule has 0 aliphatic heterocycles. The van der Waals surface area contributed by atoms with E-state index in [1.807, 2.05) is 4.98 Å². The third kappa shape index (κ3) is 1.73. The molecule has 1 aromatic heterocycles. The second-order valence-electron chi connectivity index (χ2n) is 2.71. The van der Waals surface area contributed by atoms with Crippen molar-refractivity contribution >= 4 is 5.97 Å². The molecule has 0 radical (unpaired) electrons. The Morgan fingerprint density at radius 1 is 1.50 bits per heavy atom. The second-order valence-corrected chi connectivity index (χ2v) is 2.71. The molecule has 1 aromatic rings. The smallest absolute Gasteiger partial charge is 0.432 e. The van der Waals surface area contributed by atoms with Crippen LogP contribution in [0.4, 0.5) is 13.2 Å². The number of aromatic amines is 1. The number of carbonyl (C=O) groups is 1. The van der Waals surface area contributed by atoms with Crippen molar-refractivity contribution in [1.82, 2.24) is 4.98 Å². The van der Waals surface area contributed by atoms with Crippen molar-refractivity contribution < 1.29 is 22.7 Å². The molecule has 14 heavy (non-hydrogen) atoms. The van der Waals surface area contributed by atoms with Gasteiger partial charge in [-0.1, -0.05) is 0 Å². The third-order valence-corrected chi connectivity index (χ3v) is 1.75. The van der Waals surface area contributed by atoms with Crippen molar-refractivity contribution in [1.29, 1.82) is 0 Å². The summed E-state index contributed by atoms with van der Waals surface area (Å²) in [5, 5.41) is 0. The molecule has 0 aliphatic carbocycles. The van der Waals surface area contributed by atoms with Gasteiger partial charge in [0.05, 0.1) is 12.7 Å². The monoisotopic (exact) mass is 207 g/mol. The molecular weight excluding hydrogens is 199 g/mol. The van der Waals surface area contributed by atoms with Crippen LogP contribution in [-0.4, -0.2) is 18.1 Å². The number of hydrogen-bond donors (Lipinski definition) is 1. The van der Waals surface area contributed by atoms with Gasteiger partial charge in [-0.25, -0.2) is 4.79 Å². The van der Waals surface area contributed by atoms with Crippen LogP contribution in [0.1, 0.15) is 21.6 Å². The molecule has 0 bridgehead atoms. The van der Waals surface area contributed by atoms with E-state index in [4.69, 9.17) is 0 Å². The number of aromatic nitrogens is 1. The Kier molecular flexibility index (Phi) is 2.55. The normalized spacial score (nSPS) is 11.5. The van der Waals surface area contributed by atoms with E-state index < -0.39 is 23.4 Å². The molecule has 0 saturated carbocycles. The lowest BCUT2D eigenvalue weighted by atomic mass is 10.1. The summed E-state index contributed by atoms with van der Waals surface area (Å²) in [7, 11) is 1.04. The second kappa shape index (κ2) is 3.36. The van der Waals surface area contributed by atoms with E-state index in [0.717, 1.165) is 13.3 Å². The molecule has 0 saturated heterocycles. The summed E-state index contributed by atoms with van der Waals surface area (Å²) in [5.74, 6) is -0.990. The number of H-pyrrole nitrogens is 1. The van der Waals surface area contributed by atoms with Crippen molar-refractivity contribution in [3.63, 3.8) is 0 Å². The van der Waals surface area contributed by atoms with Gasteiger partial charge < -0.3 is 9.72 Å². The largest absolute Gasteiger partial charge is 0.465 e. The molecule has 1 heterocycles.